The Kier molecular flexibility index (Phi) is 4.40. The summed E-state index contributed by atoms with van der Waals surface area (Å²) in [4.78, 5) is 14.5. The third-order valence-electron chi connectivity index (χ3n) is 4.19. The second-order valence-electron chi connectivity index (χ2n) is 5.68. The van der Waals surface area contributed by atoms with E-state index in [1.165, 1.54) is 12.3 Å². The van der Waals surface area contributed by atoms with Gasteiger partial charge in [-0.15, -0.1) is 0 Å². The lowest BCUT2D eigenvalue weighted by molar-refractivity contribution is -0.120. The molecule has 1 aromatic heterocycles. The van der Waals surface area contributed by atoms with Crippen molar-refractivity contribution in [3.05, 3.63) is 36.3 Å². The monoisotopic (exact) mass is 318 g/mol. The number of anilines is 1. The predicted octanol–water partition coefficient (Wildman–Crippen LogP) is 1.87. The molecule has 1 fully saturated rings. The van der Waals surface area contributed by atoms with Crippen LogP contribution in [-0.4, -0.2) is 53.9 Å². The molecule has 23 heavy (non-hydrogen) atoms. The number of nitrogens with zero attached hydrogens (tertiary/aromatic N) is 2. The number of halogens is 1. The minimum Gasteiger partial charge on any atom is -0.380 e. The third kappa shape index (κ3) is 3.11. The molecular formula is C16H19FN4O2. The number of hydrogen-bond donors (Lipinski definition) is 2. The Balaban J connectivity index is 1.78. The van der Waals surface area contributed by atoms with E-state index < -0.39 is 0 Å². The van der Waals surface area contributed by atoms with Crippen LogP contribution in [0.2, 0.25) is 0 Å². The van der Waals surface area contributed by atoms with E-state index in [4.69, 9.17) is 4.74 Å². The Morgan fingerprint density at radius 2 is 2.26 bits per heavy atom. The molecule has 0 bridgehead atoms. The first-order chi connectivity index (χ1) is 11.1. The van der Waals surface area contributed by atoms with Gasteiger partial charge >= 0.3 is 0 Å². The second-order valence-corrected chi connectivity index (χ2v) is 5.68. The Hall–Kier alpha value is -2.25. The van der Waals surface area contributed by atoms with Gasteiger partial charge < -0.3 is 10.1 Å². The molecule has 0 saturated carbocycles. The van der Waals surface area contributed by atoms with Gasteiger partial charge in [0.15, 0.2) is 0 Å². The fourth-order valence-corrected chi connectivity index (χ4v) is 2.90. The van der Waals surface area contributed by atoms with Gasteiger partial charge in [0.05, 0.1) is 29.7 Å². The standard InChI is InChI=1S/C16H19FN4O2/c1-21-9-10(23-2)7-14(21)16(22)19-13-8-18-20-15(13)11-5-3-4-6-12(11)17/h3-6,8,10,14H,7,9H2,1-2H3,(H,18,20)(H,19,22)/t10-,14-/m0/s1. The van der Waals surface area contributed by atoms with Crippen molar-refractivity contribution in [2.75, 3.05) is 26.0 Å². The number of carbonyl (C=O) groups is 1. The first kappa shape index (κ1) is 15.6. The molecule has 1 saturated heterocycles. The van der Waals surface area contributed by atoms with Crippen LogP contribution >= 0.6 is 0 Å². The summed E-state index contributed by atoms with van der Waals surface area (Å²) in [6, 6.07) is 6.09. The maximum Gasteiger partial charge on any atom is 0.241 e. The van der Waals surface area contributed by atoms with E-state index in [9.17, 15) is 9.18 Å². The van der Waals surface area contributed by atoms with Crippen LogP contribution in [0.1, 0.15) is 6.42 Å². The van der Waals surface area contributed by atoms with E-state index in [2.05, 4.69) is 15.5 Å². The number of aromatic amines is 1. The van der Waals surface area contributed by atoms with Crippen molar-refractivity contribution >= 4 is 11.6 Å². The maximum atomic E-state index is 13.9. The Morgan fingerprint density at radius 3 is 2.96 bits per heavy atom. The summed E-state index contributed by atoms with van der Waals surface area (Å²) in [5.41, 5.74) is 1.30. The van der Waals surface area contributed by atoms with Gasteiger partial charge in [0.25, 0.3) is 0 Å². The Labute approximate surface area is 133 Å². The Morgan fingerprint density at radius 1 is 1.48 bits per heavy atom. The third-order valence-corrected chi connectivity index (χ3v) is 4.19. The van der Waals surface area contributed by atoms with Crippen molar-refractivity contribution in [1.82, 2.24) is 15.1 Å². The van der Waals surface area contributed by atoms with Crippen LogP contribution in [0.3, 0.4) is 0 Å². The molecule has 0 spiro atoms. The van der Waals surface area contributed by atoms with Gasteiger partial charge in [-0.1, -0.05) is 12.1 Å². The van der Waals surface area contributed by atoms with Crippen molar-refractivity contribution in [2.45, 2.75) is 18.6 Å². The number of rotatable bonds is 4. The highest BCUT2D eigenvalue weighted by Gasteiger charge is 2.34. The number of amides is 1. The van der Waals surface area contributed by atoms with Crippen LogP contribution in [0.5, 0.6) is 0 Å². The van der Waals surface area contributed by atoms with Gasteiger partial charge in [-0.25, -0.2) is 4.39 Å². The van der Waals surface area contributed by atoms with Crippen LogP contribution in [0.4, 0.5) is 10.1 Å². The number of likely N-dealkylation sites (N-methyl/N-ethyl adjacent to an activating group) is 1. The van der Waals surface area contributed by atoms with Gasteiger partial charge in [0.2, 0.25) is 5.91 Å². The van der Waals surface area contributed by atoms with E-state index in [0.717, 1.165) is 0 Å². The van der Waals surface area contributed by atoms with Gasteiger partial charge in [0.1, 0.15) is 5.82 Å². The molecule has 0 unspecified atom stereocenters. The molecule has 0 aliphatic carbocycles. The predicted molar refractivity (Wildman–Crippen MR) is 84.4 cm³/mol. The number of hydrogen-bond acceptors (Lipinski definition) is 4. The van der Waals surface area contributed by atoms with Crippen LogP contribution in [0.15, 0.2) is 30.5 Å². The van der Waals surface area contributed by atoms with E-state index in [1.54, 1.807) is 25.3 Å². The molecular weight excluding hydrogens is 299 g/mol. The zero-order valence-corrected chi connectivity index (χ0v) is 13.0. The number of ether oxygens (including phenoxy) is 1. The van der Waals surface area contributed by atoms with Gasteiger partial charge in [0, 0.05) is 19.2 Å². The molecule has 1 aliphatic heterocycles. The molecule has 1 aromatic carbocycles. The topological polar surface area (TPSA) is 70.2 Å². The normalized spacial score (nSPS) is 21.5. The highest BCUT2D eigenvalue weighted by atomic mass is 19.1. The van der Waals surface area contributed by atoms with E-state index in [1.807, 2.05) is 11.9 Å². The number of methoxy groups -OCH3 is 1. The zero-order valence-electron chi connectivity index (χ0n) is 13.0. The van der Waals surface area contributed by atoms with Crippen LogP contribution in [0, 0.1) is 5.82 Å². The number of aromatic nitrogens is 2. The highest BCUT2D eigenvalue weighted by molar-refractivity contribution is 5.98. The Bertz CT molecular complexity index is 703. The number of nitrogens with one attached hydrogen (secondary N) is 2. The minimum absolute atomic E-state index is 0.0473. The van der Waals surface area contributed by atoms with Crippen LogP contribution in [-0.2, 0) is 9.53 Å². The van der Waals surface area contributed by atoms with E-state index in [0.29, 0.717) is 29.9 Å². The largest absolute Gasteiger partial charge is 0.380 e. The number of carbonyl (C=O) groups excluding carboxylic acids is 1. The van der Waals surface area contributed by atoms with Gasteiger partial charge in [-0.2, -0.15) is 5.10 Å². The average molecular weight is 318 g/mol. The summed E-state index contributed by atoms with van der Waals surface area (Å²) in [5, 5.41) is 9.51. The second kappa shape index (κ2) is 6.47. The summed E-state index contributed by atoms with van der Waals surface area (Å²) in [6.07, 6.45) is 2.17. The lowest BCUT2D eigenvalue weighted by Gasteiger charge is -2.18. The van der Waals surface area contributed by atoms with Crippen LogP contribution in [0.25, 0.3) is 11.3 Å². The number of H-pyrrole nitrogens is 1. The molecule has 3 rings (SSSR count). The summed E-state index contributed by atoms with van der Waals surface area (Å²) in [7, 11) is 3.53. The fraction of sp³-hybridized carbons (Fsp3) is 0.375. The molecule has 122 valence electrons. The molecule has 2 N–H and O–H groups in total. The van der Waals surface area contributed by atoms with Crippen molar-refractivity contribution in [3.63, 3.8) is 0 Å². The molecule has 0 radical (unpaired) electrons. The van der Waals surface area contributed by atoms with E-state index >= 15 is 0 Å². The summed E-state index contributed by atoms with van der Waals surface area (Å²) in [6.45, 7) is 0.708. The smallest absolute Gasteiger partial charge is 0.241 e. The van der Waals surface area contributed by atoms with Crippen molar-refractivity contribution in [1.29, 1.82) is 0 Å². The van der Waals surface area contributed by atoms with Crippen molar-refractivity contribution < 1.29 is 13.9 Å². The molecule has 2 atom stereocenters. The molecule has 2 heterocycles. The number of likely N-dealkylation sites (tertiary alicyclic amines) is 1. The highest BCUT2D eigenvalue weighted by Crippen LogP contribution is 2.28. The summed E-state index contributed by atoms with van der Waals surface area (Å²) >= 11 is 0. The lowest BCUT2D eigenvalue weighted by Crippen LogP contribution is -2.37. The molecule has 1 amide bonds. The summed E-state index contributed by atoms with van der Waals surface area (Å²) in [5.74, 6) is -0.518. The van der Waals surface area contributed by atoms with Gasteiger partial charge in [-0.3, -0.25) is 14.8 Å². The molecule has 1 aliphatic rings. The molecule has 6 nitrogen and oxygen atoms in total. The number of benzene rings is 1. The maximum absolute atomic E-state index is 13.9. The SMILES string of the molecule is CO[C@H]1C[C@@H](C(=O)Nc2cn[nH]c2-c2ccccc2F)N(C)C1. The lowest BCUT2D eigenvalue weighted by atomic mass is 10.1. The summed E-state index contributed by atoms with van der Waals surface area (Å²) < 4.78 is 19.3. The van der Waals surface area contributed by atoms with Crippen molar-refractivity contribution in [3.8, 4) is 11.3 Å². The zero-order chi connectivity index (χ0) is 16.4. The molecule has 7 heteroatoms. The quantitative estimate of drug-likeness (QED) is 0.903. The minimum atomic E-state index is -0.371. The van der Waals surface area contributed by atoms with Crippen LogP contribution < -0.4 is 5.32 Å². The average Bonchev–Trinajstić information content (AvgIpc) is 3.14. The van der Waals surface area contributed by atoms with Gasteiger partial charge in [-0.05, 0) is 25.6 Å². The van der Waals surface area contributed by atoms with E-state index in [-0.39, 0.29) is 23.9 Å². The van der Waals surface area contributed by atoms with Crippen molar-refractivity contribution in [2.24, 2.45) is 0 Å². The first-order valence-corrected chi connectivity index (χ1v) is 7.42. The molecule has 2 aromatic rings. The fourth-order valence-electron chi connectivity index (χ4n) is 2.90. The first-order valence-electron chi connectivity index (χ1n) is 7.42.